The Morgan fingerprint density at radius 3 is 2.65 bits per heavy atom. The molecule has 0 spiro atoms. The zero-order chi connectivity index (χ0) is 18.9. The first-order valence-corrected chi connectivity index (χ1v) is 11.5. The smallest absolute Gasteiger partial charge is 0.257 e. The molecule has 0 saturated carbocycles. The molecule has 0 aliphatic carbocycles. The number of para-hydroxylation sites is 1. The van der Waals surface area contributed by atoms with Crippen LogP contribution in [0.4, 0.5) is 11.4 Å². The number of anilines is 2. The number of hydrogen-bond donors (Lipinski definition) is 1. The first kappa shape index (κ1) is 18.7. The van der Waals surface area contributed by atoms with Crippen LogP contribution in [0.2, 0.25) is 0 Å². The van der Waals surface area contributed by atoms with Crippen molar-refractivity contribution in [3.63, 3.8) is 0 Å². The highest BCUT2D eigenvalue weighted by molar-refractivity contribution is 8.00. The molecule has 1 heterocycles. The van der Waals surface area contributed by atoms with Gasteiger partial charge in [0.15, 0.2) is 4.34 Å². The van der Waals surface area contributed by atoms with Crippen LogP contribution in [0.3, 0.4) is 0 Å². The highest BCUT2D eigenvalue weighted by Crippen LogP contribution is 2.30. The number of carbonyl (C=O) groups excluding carboxylic acids is 1. The number of nitrogens with zero attached hydrogens (tertiary/aromatic N) is 2. The number of rotatable bonds is 5. The average molecular weight is 408 g/mol. The molecule has 0 aliphatic heterocycles. The normalized spacial score (nSPS) is 11.5. The second kappa shape index (κ2) is 7.26. The van der Waals surface area contributed by atoms with Gasteiger partial charge in [-0.3, -0.25) is 9.10 Å². The van der Waals surface area contributed by atoms with Crippen molar-refractivity contribution in [2.75, 3.05) is 29.2 Å². The molecule has 0 unspecified atom stereocenters. The maximum atomic E-state index is 12.7. The minimum absolute atomic E-state index is 0.287. The molecule has 0 radical (unpaired) electrons. The van der Waals surface area contributed by atoms with E-state index in [-0.39, 0.29) is 11.5 Å². The largest absolute Gasteiger partial charge is 0.322 e. The summed E-state index contributed by atoms with van der Waals surface area (Å²) < 4.78 is 26.7. The molecule has 0 bridgehead atoms. The number of carbonyl (C=O) groups is 1. The van der Waals surface area contributed by atoms with Crippen LogP contribution in [0, 0.1) is 0 Å². The van der Waals surface area contributed by atoms with Crippen LogP contribution in [0.5, 0.6) is 0 Å². The van der Waals surface area contributed by atoms with Crippen LogP contribution >= 0.6 is 23.1 Å². The third-order valence-corrected chi connectivity index (χ3v) is 6.98. The minimum Gasteiger partial charge on any atom is -0.322 e. The summed E-state index contributed by atoms with van der Waals surface area (Å²) in [6.07, 6.45) is 3.07. The van der Waals surface area contributed by atoms with Crippen LogP contribution in [-0.4, -0.2) is 38.9 Å². The van der Waals surface area contributed by atoms with E-state index in [4.69, 9.17) is 0 Å². The molecule has 1 amide bonds. The first-order chi connectivity index (χ1) is 12.3. The summed E-state index contributed by atoms with van der Waals surface area (Å²) in [4.78, 5) is 17.2. The lowest BCUT2D eigenvalue weighted by Gasteiger charge is -2.19. The van der Waals surface area contributed by atoms with Gasteiger partial charge in [0.25, 0.3) is 5.91 Å². The van der Waals surface area contributed by atoms with Crippen molar-refractivity contribution < 1.29 is 13.2 Å². The SMILES string of the molecule is CSc1nc2ccc(NC(=O)c3ccccc3N(C)S(C)(=O)=O)cc2s1. The third kappa shape index (κ3) is 3.84. The molecule has 0 fully saturated rings. The van der Waals surface area contributed by atoms with Crippen LogP contribution in [-0.2, 0) is 10.0 Å². The summed E-state index contributed by atoms with van der Waals surface area (Å²) in [7, 11) is -2.04. The first-order valence-electron chi connectivity index (χ1n) is 7.58. The summed E-state index contributed by atoms with van der Waals surface area (Å²) in [5.74, 6) is -0.370. The molecule has 136 valence electrons. The fourth-order valence-corrected chi connectivity index (χ4v) is 4.43. The zero-order valence-electron chi connectivity index (χ0n) is 14.4. The molecular formula is C17H17N3O3S3. The molecule has 0 atom stereocenters. The average Bonchev–Trinajstić information content (AvgIpc) is 3.02. The van der Waals surface area contributed by atoms with Gasteiger partial charge in [-0.1, -0.05) is 23.9 Å². The minimum atomic E-state index is -3.47. The molecule has 1 aromatic heterocycles. The van der Waals surface area contributed by atoms with Gasteiger partial charge in [-0.25, -0.2) is 13.4 Å². The summed E-state index contributed by atoms with van der Waals surface area (Å²) >= 11 is 3.14. The molecule has 6 nitrogen and oxygen atoms in total. The highest BCUT2D eigenvalue weighted by Gasteiger charge is 2.19. The Kier molecular flexibility index (Phi) is 5.22. The zero-order valence-corrected chi connectivity index (χ0v) is 16.8. The Labute approximate surface area is 160 Å². The Bertz CT molecular complexity index is 1080. The van der Waals surface area contributed by atoms with Crippen molar-refractivity contribution in [1.82, 2.24) is 4.98 Å². The number of benzene rings is 2. The summed E-state index contributed by atoms with van der Waals surface area (Å²) in [6, 6.07) is 12.1. The van der Waals surface area contributed by atoms with E-state index in [9.17, 15) is 13.2 Å². The summed E-state index contributed by atoms with van der Waals surface area (Å²) in [5.41, 5.74) is 2.14. The van der Waals surface area contributed by atoms with Crippen molar-refractivity contribution in [2.45, 2.75) is 4.34 Å². The monoisotopic (exact) mass is 407 g/mol. The molecular weight excluding hydrogens is 390 g/mol. The van der Waals surface area contributed by atoms with Crippen LogP contribution in [0.25, 0.3) is 10.2 Å². The van der Waals surface area contributed by atoms with Crippen LogP contribution in [0.15, 0.2) is 46.8 Å². The lowest BCUT2D eigenvalue weighted by Crippen LogP contribution is -2.27. The van der Waals surface area contributed by atoms with Gasteiger partial charge in [0, 0.05) is 12.7 Å². The van der Waals surface area contributed by atoms with Crippen LogP contribution in [0.1, 0.15) is 10.4 Å². The fourth-order valence-electron chi connectivity index (χ4n) is 2.39. The number of thiazole rings is 1. The molecule has 0 saturated heterocycles. The standard InChI is InChI=1S/C17H17N3O3S3/c1-20(26(3,22)23)14-7-5-4-6-12(14)16(21)18-11-8-9-13-15(10-11)25-17(19-13)24-2/h4-10H,1-3H3,(H,18,21). The highest BCUT2D eigenvalue weighted by atomic mass is 32.2. The maximum absolute atomic E-state index is 12.7. The van der Waals surface area contributed by atoms with Crippen molar-refractivity contribution in [3.8, 4) is 0 Å². The van der Waals surface area contributed by atoms with E-state index >= 15 is 0 Å². The topological polar surface area (TPSA) is 79.4 Å². The molecule has 9 heteroatoms. The maximum Gasteiger partial charge on any atom is 0.257 e. The number of amides is 1. The molecule has 2 aromatic carbocycles. The van der Waals surface area contributed by atoms with Gasteiger partial charge in [-0.15, -0.1) is 11.3 Å². The number of thioether (sulfide) groups is 1. The molecule has 26 heavy (non-hydrogen) atoms. The number of fused-ring (bicyclic) bond motifs is 1. The third-order valence-electron chi connectivity index (χ3n) is 3.79. The van der Waals surface area contributed by atoms with Gasteiger partial charge in [0.05, 0.1) is 27.7 Å². The Balaban J connectivity index is 1.91. The van der Waals surface area contributed by atoms with Crippen molar-refractivity contribution in [3.05, 3.63) is 48.0 Å². The molecule has 1 N–H and O–H groups in total. The molecule has 3 aromatic rings. The van der Waals surface area contributed by atoms with Gasteiger partial charge in [-0.05, 0) is 36.6 Å². The second-order valence-corrected chi connectivity index (χ2v) is 9.67. The number of sulfonamides is 1. The van der Waals surface area contributed by atoms with E-state index in [2.05, 4.69) is 10.3 Å². The lowest BCUT2D eigenvalue weighted by atomic mass is 10.1. The van der Waals surface area contributed by atoms with Gasteiger partial charge >= 0.3 is 0 Å². The van der Waals surface area contributed by atoms with Crippen molar-refractivity contribution in [2.24, 2.45) is 0 Å². The van der Waals surface area contributed by atoms with E-state index < -0.39 is 10.0 Å². The van der Waals surface area contributed by atoms with Crippen LogP contribution < -0.4 is 9.62 Å². The van der Waals surface area contributed by atoms with E-state index in [1.165, 1.54) is 7.05 Å². The summed E-state index contributed by atoms with van der Waals surface area (Å²) in [5, 5.41) is 2.84. The van der Waals surface area contributed by atoms with Gasteiger partial charge in [0.1, 0.15) is 0 Å². The Morgan fingerprint density at radius 2 is 1.96 bits per heavy atom. The second-order valence-electron chi connectivity index (χ2n) is 5.57. The number of aromatic nitrogens is 1. The predicted molar refractivity (Wildman–Crippen MR) is 109 cm³/mol. The lowest BCUT2D eigenvalue weighted by molar-refractivity contribution is 0.102. The van der Waals surface area contributed by atoms with Crippen molar-refractivity contribution >= 4 is 60.6 Å². The predicted octanol–water partition coefficient (Wildman–Crippen LogP) is 3.67. The van der Waals surface area contributed by atoms with Gasteiger partial charge in [-0.2, -0.15) is 0 Å². The Hall–Kier alpha value is -2.10. The number of hydrogen-bond acceptors (Lipinski definition) is 6. The molecule has 0 aliphatic rings. The number of nitrogens with one attached hydrogen (secondary N) is 1. The molecule has 3 rings (SSSR count). The quantitative estimate of drug-likeness (QED) is 0.653. The van der Waals surface area contributed by atoms with E-state index in [0.717, 1.165) is 25.1 Å². The van der Waals surface area contributed by atoms with Gasteiger partial charge in [0.2, 0.25) is 10.0 Å². The van der Waals surface area contributed by atoms with E-state index in [1.54, 1.807) is 53.4 Å². The Morgan fingerprint density at radius 1 is 1.23 bits per heavy atom. The fraction of sp³-hybridized carbons (Fsp3) is 0.176. The van der Waals surface area contributed by atoms with Gasteiger partial charge < -0.3 is 5.32 Å². The van der Waals surface area contributed by atoms with E-state index in [0.29, 0.717) is 11.4 Å². The van der Waals surface area contributed by atoms with Crippen molar-refractivity contribution in [1.29, 1.82) is 0 Å². The van der Waals surface area contributed by atoms with E-state index in [1.807, 2.05) is 18.4 Å². The summed E-state index contributed by atoms with van der Waals surface area (Å²) in [6.45, 7) is 0.